The predicted molar refractivity (Wildman–Crippen MR) is 69.9 cm³/mol. The van der Waals surface area contributed by atoms with E-state index in [1.807, 2.05) is 18.2 Å². The Morgan fingerprint density at radius 1 is 1.06 bits per heavy atom. The molecule has 84 valence electrons. The van der Waals surface area contributed by atoms with E-state index in [-0.39, 0.29) is 0 Å². The third-order valence-corrected chi connectivity index (χ3v) is 3.12. The van der Waals surface area contributed by atoms with Gasteiger partial charge in [-0.15, -0.1) is 0 Å². The predicted octanol–water partition coefficient (Wildman–Crippen LogP) is 3.13. The van der Waals surface area contributed by atoms with Gasteiger partial charge in [-0.3, -0.25) is 9.98 Å². The molecule has 0 spiro atoms. The highest BCUT2D eigenvalue weighted by Crippen LogP contribution is 2.19. The van der Waals surface area contributed by atoms with E-state index in [1.165, 1.54) is 11.1 Å². The van der Waals surface area contributed by atoms with Crippen LogP contribution >= 0.6 is 11.6 Å². The van der Waals surface area contributed by atoms with Crippen LogP contribution in [-0.2, 0) is 6.42 Å². The molecule has 0 fully saturated rings. The second-order valence-electron chi connectivity index (χ2n) is 4.00. The molecule has 3 heteroatoms. The summed E-state index contributed by atoms with van der Waals surface area (Å²) in [4.78, 5) is 8.92. The molecule has 1 aliphatic heterocycles. The van der Waals surface area contributed by atoms with Crippen LogP contribution in [-0.4, -0.2) is 17.2 Å². The molecular formula is C14H11ClN2. The molecule has 0 N–H and O–H groups in total. The van der Waals surface area contributed by atoms with E-state index >= 15 is 0 Å². The van der Waals surface area contributed by atoms with Crippen molar-refractivity contribution >= 4 is 17.3 Å². The summed E-state index contributed by atoms with van der Waals surface area (Å²) in [7, 11) is 0. The van der Waals surface area contributed by atoms with Crippen LogP contribution in [0.5, 0.6) is 0 Å². The fraction of sp³-hybridized carbons (Fsp3) is 0.143. The Bertz CT molecular complexity index is 573. The van der Waals surface area contributed by atoms with Gasteiger partial charge in [-0.2, -0.15) is 0 Å². The Morgan fingerprint density at radius 3 is 2.76 bits per heavy atom. The summed E-state index contributed by atoms with van der Waals surface area (Å²) in [6, 6.07) is 12.1. The first-order chi connectivity index (χ1) is 8.34. The summed E-state index contributed by atoms with van der Waals surface area (Å²) in [6.07, 6.45) is 2.67. The number of aromatic nitrogens is 1. The van der Waals surface area contributed by atoms with Crippen LogP contribution in [0.1, 0.15) is 16.8 Å². The van der Waals surface area contributed by atoms with Crippen LogP contribution in [0.25, 0.3) is 0 Å². The third-order valence-electron chi connectivity index (χ3n) is 2.89. The minimum atomic E-state index is 0.651. The average Bonchev–Trinajstić information content (AvgIpc) is 2.39. The van der Waals surface area contributed by atoms with E-state index < -0.39 is 0 Å². The zero-order chi connectivity index (χ0) is 11.7. The lowest BCUT2D eigenvalue weighted by Crippen LogP contribution is -2.15. The summed E-state index contributed by atoms with van der Waals surface area (Å²) in [5.41, 5.74) is 4.40. The van der Waals surface area contributed by atoms with Crippen LogP contribution in [0.2, 0.25) is 5.02 Å². The number of nitrogens with zero attached hydrogens (tertiary/aromatic N) is 2. The SMILES string of the molecule is Clc1ccc(C2=NCCc3ccccc32)nc1. The Labute approximate surface area is 105 Å². The van der Waals surface area contributed by atoms with Crippen molar-refractivity contribution < 1.29 is 0 Å². The highest BCUT2D eigenvalue weighted by Gasteiger charge is 2.15. The van der Waals surface area contributed by atoms with Gasteiger partial charge in [0.1, 0.15) is 0 Å². The molecule has 1 aliphatic rings. The van der Waals surface area contributed by atoms with E-state index in [0.717, 1.165) is 24.4 Å². The fourth-order valence-corrected chi connectivity index (χ4v) is 2.19. The molecule has 0 saturated heterocycles. The van der Waals surface area contributed by atoms with E-state index in [2.05, 4.69) is 28.2 Å². The smallest absolute Gasteiger partial charge is 0.0905 e. The second kappa shape index (κ2) is 4.30. The lowest BCUT2D eigenvalue weighted by molar-refractivity contribution is 0.941. The van der Waals surface area contributed by atoms with Crippen LogP contribution in [0.3, 0.4) is 0 Å². The zero-order valence-corrected chi connectivity index (χ0v) is 9.98. The maximum atomic E-state index is 5.85. The molecule has 0 aliphatic carbocycles. The molecule has 2 heterocycles. The third kappa shape index (κ3) is 1.96. The second-order valence-corrected chi connectivity index (χ2v) is 4.44. The van der Waals surface area contributed by atoms with E-state index in [0.29, 0.717) is 5.02 Å². The number of rotatable bonds is 1. The van der Waals surface area contributed by atoms with Crippen molar-refractivity contribution in [3.63, 3.8) is 0 Å². The normalized spacial score (nSPS) is 14.1. The average molecular weight is 243 g/mol. The monoisotopic (exact) mass is 242 g/mol. The summed E-state index contributed by atoms with van der Waals surface area (Å²) in [5, 5.41) is 0.651. The van der Waals surface area contributed by atoms with Gasteiger partial charge in [0, 0.05) is 18.3 Å². The Hall–Kier alpha value is -1.67. The molecule has 17 heavy (non-hydrogen) atoms. The summed E-state index contributed by atoms with van der Waals surface area (Å²) in [6.45, 7) is 0.830. The van der Waals surface area contributed by atoms with Crippen molar-refractivity contribution in [2.45, 2.75) is 6.42 Å². The number of halogens is 1. The summed E-state index contributed by atoms with van der Waals surface area (Å²) >= 11 is 5.85. The van der Waals surface area contributed by atoms with Crippen molar-refractivity contribution in [3.05, 3.63) is 64.4 Å². The van der Waals surface area contributed by atoms with Gasteiger partial charge in [0.2, 0.25) is 0 Å². The van der Waals surface area contributed by atoms with Crippen LogP contribution in [0.15, 0.2) is 47.6 Å². The van der Waals surface area contributed by atoms with Crippen LogP contribution in [0, 0.1) is 0 Å². The molecule has 0 unspecified atom stereocenters. The maximum Gasteiger partial charge on any atom is 0.0905 e. The molecule has 1 aromatic carbocycles. The van der Waals surface area contributed by atoms with Gasteiger partial charge in [0.25, 0.3) is 0 Å². The van der Waals surface area contributed by atoms with Gasteiger partial charge in [0.05, 0.1) is 16.4 Å². The molecule has 3 rings (SSSR count). The number of hydrogen-bond acceptors (Lipinski definition) is 2. The van der Waals surface area contributed by atoms with Crippen molar-refractivity contribution in [1.29, 1.82) is 0 Å². The molecule has 0 saturated carbocycles. The number of pyridine rings is 1. The van der Waals surface area contributed by atoms with E-state index in [4.69, 9.17) is 11.6 Å². The first kappa shape index (κ1) is 10.5. The van der Waals surface area contributed by atoms with Gasteiger partial charge in [-0.25, -0.2) is 0 Å². The number of fused-ring (bicyclic) bond motifs is 1. The van der Waals surface area contributed by atoms with Crippen LogP contribution < -0.4 is 0 Å². The number of benzene rings is 1. The van der Waals surface area contributed by atoms with Gasteiger partial charge < -0.3 is 0 Å². The van der Waals surface area contributed by atoms with Crippen molar-refractivity contribution in [3.8, 4) is 0 Å². The Kier molecular flexibility index (Phi) is 2.65. The first-order valence-corrected chi connectivity index (χ1v) is 5.97. The number of hydrogen-bond donors (Lipinski definition) is 0. The lowest BCUT2D eigenvalue weighted by atomic mass is 9.96. The molecule has 2 nitrogen and oxygen atoms in total. The molecule has 0 atom stereocenters. The minimum Gasteiger partial charge on any atom is -0.282 e. The Morgan fingerprint density at radius 2 is 1.94 bits per heavy atom. The minimum absolute atomic E-state index is 0.651. The first-order valence-electron chi connectivity index (χ1n) is 5.59. The quantitative estimate of drug-likeness (QED) is 0.754. The van der Waals surface area contributed by atoms with Crippen molar-refractivity contribution in [2.24, 2.45) is 4.99 Å². The van der Waals surface area contributed by atoms with Crippen molar-refractivity contribution in [1.82, 2.24) is 4.98 Å². The van der Waals surface area contributed by atoms with Gasteiger partial charge in [0.15, 0.2) is 0 Å². The van der Waals surface area contributed by atoms with E-state index in [1.54, 1.807) is 6.20 Å². The molecule has 0 amide bonds. The summed E-state index contributed by atoms with van der Waals surface area (Å²) in [5.74, 6) is 0. The lowest BCUT2D eigenvalue weighted by Gasteiger charge is -2.16. The van der Waals surface area contributed by atoms with E-state index in [9.17, 15) is 0 Å². The van der Waals surface area contributed by atoms with Crippen molar-refractivity contribution in [2.75, 3.05) is 6.54 Å². The Balaban J connectivity index is 2.09. The summed E-state index contributed by atoms with van der Waals surface area (Å²) < 4.78 is 0. The zero-order valence-electron chi connectivity index (χ0n) is 9.23. The maximum absolute atomic E-state index is 5.85. The molecular weight excluding hydrogens is 232 g/mol. The highest BCUT2D eigenvalue weighted by molar-refractivity contribution is 6.30. The standard InChI is InChI=1S/C14H11ClN2/c15-11-5-6-13(17-9-11)14-12-4-2-1-3-10(12)7-8-16-14/h1-6,9H,7-8H2. The van der Waals surface area contributed by atoms with Gasteiger partial charge in [-0.1, -0.05) is 35.9 Å². The molecule has 1 aromatic heterocycles. The number of aliphatic imine (C=N–C) groups is 1. The van der Waals surface area contributed by atoms with Crippen LogP contribution in [0.4, 0.5) is 0 Å². The fourth-order valence-electron chi connectivity index (χ4n) is 2.08. The largest absolute Gasteiger partial charge is 0.282 e. The molecule has 2 aromatic rings. The topological polar surface area (TPSA) is 25.2 Å². The van der Waals surface area contributed by atoms with Gasteiger partial charge in [-0.05, 0) is 24.1 Å². The molecule has 0 radical (unpaired) electrons. The highest BCUT2D eigenvalue weighted by atomic mass is 35.5. The molecule has 0 bridgehead atoms. The van der Waals surface area contributed by atoms with Gasteiger partial charge >= 0.3 is 0 Å².